The molecular weight excluding hydrogens is 500 g/mol. The zero-order valence-corrected chi connectivity index (χ0v) is 22.5. The molecule has 1 unspecified atom stereocenters. The van der Waals surface area contributed by atoms with Crippen LogP contribution >= 0.6 is 0 Å². The molecule has 1 spiro atoms. The predicted octanol–water partition coefficient (Wildman–Crippen LogP) is 2.61. The minimum Gasteiger partial charge on any atom is -0.497 e. The summed E-state index contributed by atoms with van der Waals surface area (Å²) in [5.74, 6) is 1.15. The Bertz CT molecular complexity index is 1190. The number of nitrogens with one attached hydrogen (secondary N) is 3. The summed E-state index contributed by atoms with van der Waals surface area (Å²) >= 11 is 0. The molecule has 10 nitrogen and oxygen atoms in total. The maximum absolute atomic E-state index is 13.5. The number of benzene rings is 2. The van der Waals surface area contributed by atoms with Gasteiger partial charge in [0.25, 0.3) is 5.91 Å². The molecule has 39 heavy (non-hydrogen) atoms. The van der Waals surface area contributed by atoms with Crippen LogP contribution < -0.4 is 30.2 Å². The Morgan fingerprint density at radius 3 is 2.56 bits per heavy atom. The average molecular weight is 537 g/mol. The van der Waals surface area contributed by atoms with E-state index in [0.29, 0.717) is 67.5 Å². The molecule has 0 aromatic heterocycles. The topological polar surface area (TPSA) is 118 Å². The number of carbonyl (C=O) groups excluding carboxylic acids is 3. The lowest BCUT2D eigenvalue weighted by atomic mass is 9.76. The number of amides is 3. The molecule has 208 valence electrons. The molecule has 2 aromatic rings. The Morgan fingerprint density at radius 1 is 1.05 bits per heavy atom. The Labute approximate surface area is 228 Å². The molecule has 0 saturated carbocycles. The summed E-state index contributed by atoms with van der Waals surface area (Å²) in [6, 6.07) is 12.3. The molecule has 4 rings (SSSR count). The summed E-state index contributed by atoms with van der Waals surface area (Å²) in [6.07, 6.45) is 5.82. The molecule has 2 heterocycles. The molecule has 2 aromatic carbocycles. The third-order valence-electron chi connectivity index (χ3n) is 6.98. The van der Waals surface area contributed by atoms with E-state index in [2.05, 4.69) is 16.0 Å². The zero-order chi connectivity index (χ0) is 27.7. The third kappa shape index (κ3) is 7.29. The van der Waals surface area contributed by atoms with E-state index in [-0.39, 0.29) is 30.9 Å². The fraction of sp³-hybridized carbons (Fsp3) is 0.414. The second-order valence-electron chi connectivity index (χ2n) is 9.74. The van der Waals surface area contributed by atoms with Crippen molar-refractivity contribution in [3.05, 3.63) is 60.2 Å². The summed E-state index contributed by atoms with van der Waals surface area (Å²) < 4.78 is 16.4. The number of carbonyl (C=O) groups is 3. The molecular formula is C29H36N4O6. The summed E-state index contributed by atoms with van der Waals surface area (Å²) in [5.41, 5.74) is 0.338. The maximum Gasteiger partial charge on any atom is 0.255 e. The molecule has 0 bridgehead atoms. The normalized spacial score (nSPS) is 21.4. The van der Waals surface area contributed by atoms with Gasteiger partial charge < -0.3 is 30.2 Å². The van der Waals surface area contributed by atoms with Crippen molar-refractivity contribution >= 4 is 23.4 Å². The quantitative estimate of drug-likeness (QED) is 0.503. The minimum atomic E-state index is -0.694. The van der Waals surface area contributed by atoms with E-state index < -0.39 is 5.41 Å². The molecule has 2 aliphatic rings. The number of ether oxygens (including phenoxy) is 3. The number of anilines is 1. The van der Waals surface area contributed by atoms with Gasteiger partial charge in [-0.3, -0.25) is 19.3 Å². The first-order chi connectivity index (χ1) is 18.9. The van der Waals surface area contributed by atoms with Gasteiger partial charge in [0.05, 0.1) is 31.7 Å². The number of fused-ring (bicyclic) bond motifs is 1. The number of hydrogen-bond acceptors (Lipinski definition) is 7. The van der Waals surface area contributed by atoms with Gasteiger partial charge in [0.2, 0.25) is 11.8 Å². The summed E-state index contributed by atoms with van der Waals surface area (Å²) in [6.45, 7) is 2.17. The van der Waals surface area contributed by atoms with Gasteiger partial charge in [-0.2, -0.15) is 0 Å². The smallest absolute Gasteiger partial charge is 0.255 e. The van der Waals surface area contributed by atoms with Crippen molar-refractivity contribution < 1.29 is 28.6 Å². The van der Waals surface area contributed by atoms with Crippen LogP contribution in [0.4, 0.5) is 5.69 Å². The van der Waals surface area contributed by atoms with E-state index in [1.54, 1.807) is 50.6 Å². The number of allylic oxidation sites excluding steroid dienone is 1. The predicted molar refractivity (Wildman–Crippen MR) is 147 cm³/mol. The lowest BCUT2D eigenvalue weighted by Crippen LogP contribution is -2.53. The van der Waals surface area contributed by atoms with Crippen molar-refractivity contribution in [3.8, 4) is 17.2 Å². The number of likely N-dealkylation sites (tertiary alicyclic amines) is 1. The first kappa shape index (κ1) is 28.0. The number of nitrogens with zero attached hydrogens (tertiary/aromatic N) is 1. The second-order valence-corrected chi connectivity index (χ2v) is 9.74. The monoisotopic (exact) mass is 536 g/mol. The van der Waals surface area contributed by atoms with Crippen LogP contribution in [-0.4, -0.2) is 76.2 Å². The standard InChI is InChI=1S/C29H36N4O6/c1-37-22-16-21(17-23(18-22)38-2)32-26(34)19-33-14-7-11-29(20-33)10-5-6-15-39-25-9-4-3-8-24(25)27(35)30-12-13-31-28(29)36/h3-6,8-9,16-18H,7,10-15,19-20H2,1-2H3,(H,30,35)(H,31,36)(H,32,34)/b6-5-. The van der Waals surface area contributed by atoms with Crippen LogP contribution in [0.5, 0.6) is 17.2 Å². The van der Waals surface area contributed by atoms with Crippen LogP contribution in [0.2, 0.25) is 0 Å². The van der Waals surface area contributed by atoms with Gasteiger partial charge in [0, 0.05) is 43.5 Å². The number of para-hydroxylation sites is 1. The van der Waals surface area contributed by atoms with E-state index in [1.165, 1.54) is 0 Å². The summed E-state index contributed by atoms with van der Waals surface area (Å²) in [5, 5.41) is 8.76. The van der Waals surface area contributed by atoms with Crippen molar-refractivity contribution in [1.82, 2.24) is 15.5 Å². The molecule has 10 heteroatoms. The molecule has 3 N–H and O–H groups in total. The summed E-state index contributed by atoms with van der Waals surface area (Å²) in [4.78, 5) is 41.0. The van der Waals surface area contributed by atoms with E-state index in [9.17, 15) is 14.4 Å². The van der Waals surface area contributed by atoms with Crippen molar-refractivity contribution in [2.75, 3.05) is 58.9 Å². The third-order valence-corrected chi connectivity index (χ3v) is 6.98. The fourth-order valence-corrected chi connectivity index (χ4v) is 5.02. The number of rotatable bonds is 5. The van der Waals surface area contributed by atoms with Crippen LogP contribution in [0.25, 0.3) is 0 Å². The molecule has 1 atom stereocenters. The molecule has 1 fully saturated rings. The van der Waals surface area contributed by atoms with Gasteiger partial charge in [-0.15, -0.1) is 0 Å². The lowest BCUT2D eigenvalue weighted by Gasteiger charge is -2.41. The minimum absolute atomic E-state index is 0.0811. The average Bonchev–Trinajstić information content (AvgIpc) is 2.94. The number of piperidine rings is 1. The largest absolute Gasteiger partial charge is 0.497 e. The van der Waals surface area contributed by atoms with Gasteiger partial charge in [-0.1, -0.05) is 24.3 Å². The highest BCUT2D eigenvalue weighted by molar-refractivity contribution is 5.97. The van der Waals surface area contributed by atoms with Crippen LogP contribution in [0, 0.1) is 5.41 Å². The summed E-state index contributed by atoms with van der Waals surface area (Å²) in [7, 11) is 3.11. The van der Waals surface area contributed by atoms with Gasteiger partial charge >= 0.3 is 0 Å². The molecule has 0 radical (unpaired) electrons. The van der Waals surface area contributed by atoms with Gasteiger partial charge in [0.1, 0.15) is 23.9 Å². The Kier molecular flexibility index (Phi) is 9.43. The highest BCUT2D eigenvalue weighted by Gasteiger charge is 2.41. The van der Waals surface area contributed by atoms with Crippen LogP contribution in [0.3, 0.4) is 0 Å². The van der Waals surface area contributed by atoms with Gasteiger partial charge in [-0.25, -0.2) is 0 Å². The van der Waals surface area contributed by atoms with E-state index in [4.69, 9.17) is 14.2 Å². The van der Waals surface area contributed by atoms with E-state index in [0.717, 1.165) is 6.42 Å². The number of hydrogen-bond donors (Lipinski definition) is 3. The SMILES string of the molecule is COc1cc(NC(=O)CN2CCCC3(C/C=C\COc4ccccc4C(=O)NCCNC3=O)C2)cc(OC)c1. The molecule has 0 aliphatic carbocycles. The Balaban J connectivity index is 1.43. The highest BCUT2D eigenvalue weighted by atomic mass is 16.5. The van der Waals surface area contributed by atoms with E-state index in [1.807, 2.05) is 23.1 Å². The molecule has 1 saturated heterocycles. The zero-order valence-electron chi connectivity index (χ0n) is 22.5. The Hall–Kier alpha value is -4.05. The van der Waals surface area contributed by atoms with Crippen molar-refractivity contribution in [1.29, 1.82) is 0 Å². The highest BCUT2D eigenvalue weighted by Crippen LogP contribution is 2.35. The van der Waals surface area contributed by atoms with Crippen LogP contribution in [-0.2, 0) is 9.59 Å². The van der Waals surface area contributed by atoms with Crippen molar-refractivity contribution in [3.63, 3.8) is 0 Å². The molecule has 3 amide bonds. The van der Waals surface area contributed by atoms with Gasteiger partial charge in [-0.05, 0) is 37.9 Å². The van der Waals surface area contributed by atoms with Crippen LogP contribution in [0.15, 0.2) is 54.6 Å². The van der Waals surface area contributed by atoms with Gasteiger partial charge in [0.15, 0.2) is 0 Å². The first-order valence-corrected chi connectivity index (χ1v) is 13.1. The fourth-order valence-electron chi connectivity index (χ4n) is 5.02. The second kappa shape index (κ2) is 13.1. The molecule has 2 aliphatic heterocycles. The first-order valence-electron chi connectivity index (χ1n) is 13.1. The number of methoxy groups -OCH3 is 2. The van der Waals surface area contributed by atoms with E-state index >= 15 is 0 Å². The van der Waals surface area contributed by atoms with Crippen LogP contribution in [0.1, 0.15) is 29.6 Å². The maximum atomic E-state index is 13.5. The Morgan fingerprint density at radius 2 is 1.79 bits per heavy atom. The lowest BCUT2D eigenvalue weighted by molar-refractivity contribution is -0.135. The van der Waals surface area contributed by atoms with Crippen molar-refractivity contribution in [2.24, 2.45) is 5.41 Å². The van der Waals surface area contributed by atoms with Crippen molar-refractivity contribution in [2.45, 2.75) is 19.3 Å².